The number of ether oxygens (including phenoxy) is 1. The Morgan fingerprint density at radius 2 is 1.83 bits per heavy atom. The van der Waals surface area contributed by atoms with Gasteiger partial charge in [0, 0.05) is 5.69 Å². The summed E-state index contributed by atoms with van der Waals surface area (Å²) in [6.07, 6.45) is 1.85. The topological polar surface area (TPSA) is 62.1 Å². The predicted molar refractivity (Wildman–Crippen MR) is 111 cm³/mol. The van der Waals surface area contributed by atoms with Gasteiger partial charge < -0.3 is 10.1 Å². The van der Waals surface area contributed by atoms with E-state index in [1.807, 2.05) is 6.07 Å². The Morgan fingerprint density at radius 3 is 2.50 bits per heavy atom. The lowest BCUT2D eigenvalue weighted by molar-refractivity contribution is -0.112. The maximum Gasteiger partial charge on any atom is 0.266 e. The van der Waals surface area contributed by atoms with E-state index in [-0.39, 0.29) is 11.4 Å². The zero-order valence-corrected chi connectivity index (χ0v) is 16.2. The Hall–Kier alpha value is -3.98. The van der Waals surface area contributed by atoms with Crippen LogP contribution in [0, 0.1) is 23.0 Å². The van der Waals surface area contributed by atoms with Gasteiger partial charge in [-0.2, -0.15) is 5.26 Å². The molecule has 0 bridgehead atoms. The molecule has 6 heteroatoms. The monoisotopic (exact) mass is 404 g/mol. The highest BCUT2D eigenvalue weighted by molar-refractivity contribution is 6.09. The number of carbonyl (C=O) groups is 1. The number of nitrogens with one attached hydrogen (secondary N) is 1. The van der Waals surface area contributed by atoms with E-state index >= 15 is 0 Å². The lowest BCUT2D eigenvalue weighted by Crippen LogP contribution is -2.13. The minimum Gasteiger partial charge on any atom is -0.497 e. The van der Waals surface area contributed by atoms with Gasteiger partial charge in [0.15, 0.2) is 0 Å². The van der Waals surface area contributed by atoms with Crippen molar-refractivity contribution in [3.63, 3.8) is 0 Å². The maximum absolute atomic E-state index is 13.6. The van der Waals surface area contributed by atoms with Crippen LogP contribution in [0.4, 0.5) is 14.5 Å². The Kier molecular flexibility index (Phi) is 6.56. The number of rotatable bonds is 6. The number of hydrogen-bond acceptors (Lipinski definition) is 3. The zero-order chi connectivity index (χ0) is 21.5. The summed E-state index contributed by atoms with van der Waals surface area (Å²) in [6, 6.07) is 18.6. The fourth-order valence-electron chi connectivity index (χ4n) is 2.91. The fourth-order valence-corrected chi connectivity index (χ4v) is 2.91. The molecule has 0 heterocycles. The molecule has 0 radical (unpaired) electrons. The van der Waals surface area contributed by atoms with Gasteiger partial charge in [0.1, 0.15) is 29.0 Å². The number of methoxy groups -OCH3 is 1. The van der Waals surface area contributed by atoms with Crippen molar-refractivity contribution in [3.8, 4) is 11.8 Å². The molecule has 0 saturated heterocycles. The first kappa shape index (κ1) is 20.7. The summed E-state index contributed by atoms with van der Waals surface area (Å²) in [5.41, 5.74) is 2.39. The van der Waals surface area contributed by atoms with Crippen LogP contribution < -0.4 is 10.1 Å². The molecule has 3 rings (SSSR count). The Bertz CT molecular complexity index is 1130. The number of benzene rings is 3. The number of amides is 1. The summed E-state index contributed by atoms with van der Waals surface area (Å²) in [7, 11) is 1.54. The number of nitrogens with zero attached hydrogens (tertiary/aromatic N) is 1. The highest BCUT2D eigenvalue weighted by Crippen LogP contribution is 2.23. The van der Waals surface area contributed by atoms with Crippen LogP contribution in [0.5, 0.6) is 5.75 Å². The molecule has 150 valence electrons. The summed E-state index contributed by atoms with van der Waals surface area (Å²) < 4.78 is 31.9. The summed E-state index contributed by atoms with van der Waals surface area (Å²) in [5.74, 6) is -0.780. The molecule has 30 heavy (non-hydrogen) atoms. The van der Waals surface area contributed by atoms with Crippen LogP contribution in [-0.4, -0.2) is 13.0 Å². The summed E-state index contributed by atoms with van der Waals surface area (Å²) in [6.45, 7) is 0. The molecule has 0 atom stereocenters. The first-order valence-corrected chi connectivity index (χ1v) is 9.08. The van der Waals surface area contributed by atoms with Gasteiger partial charge in [-0.1, -0.05) is 18.2 Å². The zero-order valence-electron chi connectivity index (χ0n) is 16.2. The van der Waals surface area contributed by atoms with Gasteiger partial charge in [0.2, 0.25) is 0 Å². The molecule has 3 aromatic rings. The maximum atomic E-state index is 13.6. The van der Waals surface area contributed by atoms with Gasteiger partial charge in [0.25, 0.3) is 5.91 Å². The highest BCUT2D eigenvalue weighted by atomic mass is 19.1. The molecule has 0 spiro atoms. The lowest BCUT2D eigenvalue weighted by atomic mass is 9.97. The molecule has 0 saturated carbocycles. The van der Waals surface area contributed by atoms with Crippen LogP contribution in [0.1, 0.15) is 16.7 Å². The van der Waals surface area contributed by atoms with Gasteiger partial charge in [-0.3, -0.25) is 4.79 Å². The van der Waals surface area contributed by atoms with Crippen molar-refractivity contribution in [2.75, 3.05) is 12.4 Å². The molecule has 1 N–H and O–H groups in total. The van der Waals surface area contributed by atoms with Crippen LogP contribution in [0.25, 0.3) is 6.08 Å². The van der Waals surface area contributed by atoms with E-state index in [9.17, 15) is 18.8 Å². The minimum atomic E-state index is -0.614. The smallest absolute Gasteiger partial charge is 0.266 e. The Labute approximate surface area is 173 Å². The minimum absolute atomic E-state index is 0.120. The van der Waals surface area contributed by atoms with E-state index in [0.717, 1.165) is 11.1 Å². The van der Waals surface area contributed by atoms with Gasteiger partial charge in [-0.25, -0.2) is 8.78 Å². The molecule has 3 aromatic carbocycles. The standard InChI is InChI=1S/C24H18F2N2O2/c1-30-23-10-5-17(18(14-23)11-16-3-2-4-21(26)12-16)13-19(15-27)24(29)28-22-8-6-20(25)7-9-22/h2-10,12-14H,11H2,1H3,(H,28,29)/b19-13+. The second kappa shape index (κ2) is 9.48. The number of anilines is 1. The van der Waals surface area contributed by atoms with Crippen molar-refractivity contribution >= 4 is 17.7 Å². The molecular formula is C24H18F2N2O2. The SMILES string of the molecule is COc1ccc(/C=C(\C#N)C(=O)Nc2ccc(F)cc2)c(Cc2cccc(F)c2)c1. The molecule has 0 fully saturated rings. The number of halogens is 2. The molecule has 0 aliphatic carbocycles. The van der Waals surface area contributed by atoms with E-state index in [2.05, 4.69) is 5.32 Å². The predicted octanol–water partition coefficient (Wildman–Crippen LogP) is 5.11. The lowest BCUT2D eigenvalue weighted by Gasteiger charge is -2.10. The van der Waals surface area contributed by atoms with E-state index in [1.165, 1.54) is 49.6 Å². The molecule has 0 aromatic heterocycles. The van der Waals surface area contributed by atoms with Crippen LogP contribution in [0.3, 0.4) is 0 Å². The van der Waals surface area contributed by atoms with Gasteiger partial charge >= 0.3 is 0 Å². The van der Waals surface area contributed by atoms with Crippen molar-refractivity contribution in [2.24, 2.45) is 0 Å². The third-order valence-corrected chi connectivity index (χ3v) is 4.40. The Balaban J connectivity index is 1.92. The molecular weight excluding hydrogens is 386 g/mol. The van der Waals surface area contributed by atoms with E-state index in [0.29, 0.717) is 23.4 Å². The number of hydrogen-bond donors (Lipinski definition) is 1. The van der Waals surface area contributed by atoms with E-state index in [4.69, 9.17) is 4.74 Å². The summed E-state index contributed by atoms with van der Waals surface area (Å²) in [5, 5.41) is 12.1. The highest BCUT2D eigenvalue weighted by Gasteiger charge is 2.12. The number of nitriles is 1. The van der Waals surface area contributed by atoms with Crippen LogP contribution in [0.2, 0.25) is 0 Å². The van der Waals surface area contributed by atoms with Crippen molar-refractivity contribution in [1.82, 2.24) is 0 Å². The van der Waals surface area contributed by atoms with Crippen molar-refractivity contribution in [3.05, 3.63) is 101 Å². The van der Waals surface area contributed by atoms with Crippen molar-refractivity contribution in [1.29, 1.82) is 5.26 Å². The second-order valence-corrected chi connectivity index (χ2v) is 6.50. The average Bonchev–Trinajstić information content (AvgIpc) is 2.74. The van der Waals surface area contributed by atoms with Gasteiger partial charge in [-0.05, 0) is 77.7 Å². The molecule has 4 nitrogen and oxygen atoms in total. The van der Waals surface area contributed by atoms with Gasteiger partial charge in [-0.15, -0.1) is 0 Å². The average molecular weight is 404 g/mol. The first-order valence-electron chi connectivity index (χ1n) is 9.08. The normalized spacial score (nSPS) is 10.9. The van der Waals surface area contributed by atoms with Gasteiger partial charge in [0.05, 0.1) is 7.11 Å². The third-order valence-electron chi connectivity index (χ3n) is 4.40. The van der Waals surface area contributed by atoms with E-state index < -0.39 is 11.7 Å². The Morgan fingerprint density at radius 1 is 1.07 bits per heavy atom. The third kappa shape index (κ3) is 5.30. The van der Waals surface area contributed by atoms with Crippen LogP contribution in [0.15, 0.2) is 72.3 Å². The summed E-state index contributed by atoms with van der Waals surface area (Å²) in [4.78, 5) is 12.5. The molecule has 1 amide bonds. The quantitative estimate of drug-likeness (QED) is 0.459. The van der Waals surface area contributed by atoms with E-state index in [1.54, 1.807) is 30.3 Å². The second-order valence-electron chi connectivity index (χ2n) is 6.50. The largest absolute Gasteiger partial charge is 0.497 e. The summed E-state index contributed by atoms with van der Waals surface area (Å²) >= 11 is 0. The molecule has 0 aliphatic heterocycles. The van der Waals surface area contributed by atoms with Crippen LogP contribution >= 0.6 is 0 Å². The number of carbonyl (C=O) groups excluding carboxylic acids is 1. The fraction of sp³-hybridized carbons (Fsp3) is 0.0833. The van der Waals surface area contributed by atoms with Crippen LogP contribution in [-0.2, 0) is 11.2 Å². The molecule has 0 aliphatic rings. The van der Waals surface area contributed by atoms with Crippen molar-refractivity contribution in [2.45, 2.75) is 6.42 Å². The molecule has 0 unspecified atom stereocenters. The van der Waals surface area contributed by atoms with Crippen molar-refractivity contribution < 1.29 is 18.3 Å². The first-order chi connectivity index (χ1) is 14.5.